The highest BCUT2D eigenvalue weighted by Crippen LogP contribution is 2.30. The number of nitrogens with one attached hydrogen (secondary N) is 1. The maximum absolute atomic E-state index is 6.00. The van der Waals surface area contributed by atoms with Gasteiger partial charge in [0.25, 0.3) is 0 Å². The average molecular weight is 515 g/mol. The number of anilines is 1. The molecule has 29 heavy (non-hydrogen) atoms. The maximum Gasteiger partial charge on any atom is 0.193 e. The van der Waals surface area contributed by atoms with Gasteiger partial charge >= 0.3 is 0 Å². The van der Waals surface area contributed by atoms with Crippen LogP contribution in [0.2, 0.25) is 0 Å². The molecule has 160 valence electrons. The van der Waals surface area contributed by atoms with Gasteiger partial charge in [-0.05, 0) is 50.1 Å². The molecule has 0 aromatic heterocycles. The number of benzene rings is 2. The predicted octanol–water partition coefficient (Wildman–Crippen LogP) is 4.09. The molecule has 0 amide bonds. The standard InChI is InChI=1S/C21H29N3O4.HI/c1-5-27-18-9-7-15(13-20(18)28-6-2)11-12-23-21(22)24-16-8-10-17(25-3)19(14-16)26-4;/h7-10,13-14H,5-6,11-12H2,1-4H3,(H3,22,23,24);1H. The van der Waals surface area contributed by atoms with Gasteiger partial charge in [-0.25, -0.2) is 0 Å². The number of nitrogens with zero attached hydrogens (tertiary/aromatic N) is 1. The first-order valence-electron chi connectivity index (χ1n) is 9.28. The quantitative estimate of drug-likeness (QED) is 0.282. The molecule has 0 fully saturated rings. The second-order valence-corrected chi connectivity index (χ2v) is 5.86. The first kappa shape index (κ1) is 24.7. The lowest BCUT2D eigenvalue weighted by molar-refractivity contribution is 0.287. The number of hydrogen-bond donors (Lipinski definition) is 2. The molecular formula is C21H30IN3O4. The van der Waals surface area contributed by atoms with Gasteiger partial charge in [0, 0.05) is 18.3 Å². The van der Waals surface area contributed by atoms with Crippen molar-refractivity contribution < 1.29 is 18.9 Å². The van der Waals surface area contributed by atoms with Crippen molar-refractivity contribution in [1.29, 1.82) is 0 Å². The summed E-state index contributed by atoms with van der Waals surface area (Å²) in [6.45, 7) is 5.64. The number of rotatable bonds is 10. The summed E-state index contributed by atoms with van der Waals surface area (Å²) >= 11 is 0. The van der Waals surface area contributed by atoms with Crippen molar-refractivity contribution >= 4 is 35.6 Å². The molecule has 0 radical (unpaired) electrons. The maximum atomic E-state index is 6.00. The van der Waals surface area contributed by atoms with Crippen molar-refractivity contribution in [2.75, 3.05) is 39.3 Å². The summed E-state index contributed by atoms with van der Waals surface area (Å²) in [7, 11) is 3.19. The van der Waals surface area contributed by atoms with E-state index in [4.69, 9.17) is 24.7 Å². The zero-order valence-electron chi connectivity index (χ0n) is 17.4. The van der Waals surface area contributed by atoms with Crippen LogP contribution in [-0.2, 0) is 6.42 Å². The Labute approximate surface area is 189 Å². The third kappa shape index (κ3) is 7.52. The Bertz CT molecular complexity index is 799. The third-order valence-corrected chi connectivity index (χ3v) is 3.95. The number of halogens is 1. The highest BCUT2D eigenvalue weighted by molar-refractivity contribution is 14.0. The van der Waals surface area contributed by atoms with Crippen molar-refractivity contribution in [3.63, 3.8) is 0 Å². The van der Waals surface area contributed by atoms with Crippen molar-refractivity contribution in [3.8, 4) is 23.0 Å². The van der Waals surface area contributed by atoms with Gasteiger partial charge in [-0.15, -0.1) is 24.0 Å². The fraction of sp³-hybridized carbons (Fsp3) is 0.381. The van der Waals surface area contributed by atoms with Gasteiger partial charge in [0.1, 0.15) is 0 Å². The summed E-state index contributed by atoms with van der Waals surface area (Å²) in [4.78, 5) is 4.39. The van der Waals surface area contributed by atoms with E-state index in [9.17, 15) is 0 Å². The number of nitrogens with two attached hydrogens (primary N) is 1. The fourth-order valence-electron chi connectivity index (χ4n) is 2.66. The molecule has 0 spiro atoms. The molecule has 0 atom stereocenters. The lowest BCUT2D eigenvalue weighted by Gasteiger charge is -2.12. The molecule has 2 aromatic carbocycles. The minimum Gasteiger partial charge on any atom is -0.493 e. The van der Waals surface area contributed by atoms with E-state index >= 15 is 0 Å². The summed E-state index contributed by atoms with van der Waals surface area (Å²) in [6, 6.07) is 11.4. The molecule has 3 N–H and O–H groups in total. The van der Waals surface area contributed by atoms with Crippen LogP contribution in [0, 0.1) is 0 Å². The summed E-state index contributed by atoms with van der Waals surface area (Å²) in [5, 5.41) is 3.06. The molecule has 0 heterocycles. The van der Waals surface area contributed by atoms with Crippen molar-refractivity contribution in [2.45, 2.75) is 20.3 Å². The smallest absolute Gasteiger partial charge is 0.193 e. The largest absolute Gasteiger partial charge is 0.493 e. The summed E-state index contributed by atoms with van der Waals surface area (Å²) in [6.07, 6.45) is 0.737. The molecule has 0 aliphatic heterocycles. The molecule has 0 bridgehead atoms. The van der Waals surface area contributed by atoms with E-state index in [0.717, 1.165) is 29.2 Å². The molecular weight excluding hydrogens is 485 g/mol. The van der Waals surface area contributed by atoms with Crippen molar-refractivity contribution in [2.24, 2.45) is 10.7 Å². The summed E-state index contributed by atoms with van der Waals surface area (Å²) < 4.78 is 21.8. The number of aliphatic imine (C=N–C) groups is 1. The Balaban J connectivity index is 0.00000420. The molecule has 0 saturated heterocycles. The van der Waals surface area contributed by atoms with Gasteiger partial charge in [-0.1, -0.05) is 6.07 Å². The molecule has 0 aliphatic carbocycles. The Morgan fingerprint density at radius 2 is 1.55 bits per heavy atom. The highest BCUT2D eigenvalue weighted by atomic mass is 127. The third-order valence-electron chi connectivity index (χ3n) is 3.95. The molecule has 0 unspecified atom stereocenters. The van der Waals surface area contributed by atoms with Gasteiger partial charge in [0.05, 0.1) is 27.4 Å². The van der Waals surface area contributed by atoms with E-state index < -0.39 is 0 Å². The van der Waals surface area contributed by atoms with E-state index in [1.807, 2.05) is 50.2 Å². The second kappa shape index (κ2) is 13.0. The molecule has 0 saturated carbocycles. The van der Waals surface area contributed by atoms with Crippen LogP contribution >= 0.6 is 24.0 Å². The first-order valence-corrected chi connectivity index (χ1v) is 9.28. The van der Waals surface area contributed by atoms with Crippen LogP contribution in [-0.4, -0.2) is 39.9 Å². The lowest BCUT2D eigenvalue weighted by Crippen LogP contribution is -2.23. The normalized spacial score (nSPS) is 10.7. The van der Waals surface area contributed by atoms with Crippen LogP contribution in [0.25, 0.3) is 0 Å². The van der Waals surface area contributed by atoms with Gasteiger partial charge in [-0.2, -0.15) is 0 Å². The lowest BCUT2D eigenvalue weighted by atomic mass is 10.1. The zero-order chi connectivity index (χ0) is 20.4. The van der Waals surface area contributed by atoms with Crippen LogP contribution in [0.3, 0.4) is 0 Å². The molecule has 8 heteroatoms. The summed E-state index contributed by atoms with van der Waals surface area (Å²) in [5.74, 6) is 3.12. The van der Waals surface area contributed by atoms with E-state index in [1.165, 1.54) is 0 Å². The van der Waals surface area contributed by atoms with Crippen LogP contribution in [0.5, 0.6) is 23.0 Å². The Kier molecular flexibility index (Phi) is 11.0. The van der Waals surface area contributed by atoms with Crippen LogP contribution in [0.4, 0.5) is 5.69 Å². The molecule has 2 rings (SSSR count). The van der Waals surface area contributed by atoms with E-state index in [1.54, 1.807) is 14.2 Å². The second-order valence-electron chi connectivity index (χ2n) is 5.86. The van der Waals surface area contributed by atoms with Crippen molar-refractivity contribution in [3.05, 3.63) is 42.0 Å². The molecule has 7 nitrogen and oxygen atoms in total. The Morgan fingerprint density at radius 3 is 2.21 bits per heavy atom. The Morgan fingerprint density at radius 1 is 0.897 bits per heavy atom. The number of guanidine groups is 1. The van der Waals surface area contributed by atoms with Crippen LogP contribution in [0.1, 0.15) is 19.4 Å². The topological polar surface area (TPSA) is 87.3 Å². The summed E-state index contributed by atoms with van der Waals surface area (Å²) in [5.41, 5.74) is 7.88. The van der Waals surface area contributed by atoms with Crippen molar-refractivity contribution in [1.82, 2.24) is 0 Å². The minimum absolute atomic E-state index is 0. The van der Waals surface area contributed by atoms with E-state index in [-0.39, 0.29) is 24.0 Å². The SMILES string of the molecule is CCOc1ccc(CCN=C(N)Nc2ccc(OC)c(OC)c2)cc1OCC.I. The highest BCUT2D eigenvalue weighted by Gasteiger charge is 2.07. The van der Waals surface area contributed by atoms with Gasteiger partial charge in [-0.3, -0.25) is 4.99 Å². The van der Waals surface area contributed by atoms with Gasteiger partial charge in [0.15, 0.2) is 29.0 Å². The van der Waals surface area contributed by atoms with Gasteiger partial charge < -0.3 is 30.0 Å². The zero-order valence-corrected chi connectivity index (χ0v) is 19.7. The number of methoxy groups -OCH3 is 2. The minimum atomic E-state index is 0. The van der Waals surface area contributed by atoms with E-state index in [0.29, 0.717) is 37.2 Å². The van der Waals surface area contributed by atoms with Crippen LogP contribution < -0.4 is 30.0 Å². The van der Waals surface area contributed by atoms with Gasteiger partial charge in [0.2, 0.25) is 0 Å². The monoisotopic (exact) mass is 515 g/mol. The van der Waals surface area contributed by atoms with Crippen LogP contribution in [0.15, 0.2) is 41.4 Å². The first-order chi connectivity index (χ1) is 13.6. The number of hydrogen-bond acceptors (Lipinski definition) is 5. The Hall–Kier alpha value is -2.36. The number of ether oxygens (including phenoxy) is 4. The molecule has 0 aliphatic rings. The van der Waals surface area contributed by atoms with E-state index in [2.05, 4.69) is 10.3 Å². The fourth-order valence-corrected chi connectivity index (χ4v) is 2.66. The average Bonchev–Trinajstić information content (AvgIpc) is 2.70. The predicted molar refractivity (Wildman–Crippen MR) is 128 cm³/mol. The molecule has 2 aromatic rings.